The van der Waals surface area contributed by atoms with E-state index in [1.54, 1.807) is 48.5 Å². The fraction of sp³-hybridized carbons (Fsp3) is 0.0476. The lowest BCUT2D eigenvalue weighted by atomic mass is 10.0. The monoisotopic (exact) mass is 300 g/mol. The van der Waals surface area contributed by atoms with Gasteiger partial charge in [-0.2, -0.15) is 0 Å². The van der Waals surface area contributed by atoms with E-state index in [4.69, 9.17) is 0 Å². The summed E-state index contributed by atoms with van der Waals surface area (Å²) in [5.74, 6) is -0.279. The zero-order valence-electron chi connectivity index (χ0n) is 12.6. The molecule has 0 aliphatic heterocycles. The van der Waals surface area contributed by atoms with Gasteiger partial charge in [-0.1, -0.05) is 84.9 Å². The van der Waals surface area contributed by atoms with Gasteiger partial charge < -0.3 is 0 Å². The van der Waals surface area contributed by atoms with Crippen molar-refractivity contribution >= 4 is 11.6 Å². The third-order valence-corrected chi connectivity index (χ3v) is 3.73. The maximum atomic E-state index is 11.8. The maximum Gasteiger partial charge on any atom is 0.170 e. The molecule has 0 heterocycles. The summed E-state index contributed by atoms with van der Waals surface area (Å²) in [7, 11) is 0. The van der Waals surface area contributed by atoms with Gasteiger partial charge in [-0.15, -0.1) is 0 Å². The third kappa shape index (κ3) is 3.61. The van der Waals surface area contributed by atoms with Crippen molar-refractivity contribution < 1.29 is 9.59 Å². The minimum atomic E-state index is -0.139. The molecule has 0 amide bonds. The SMILES string of the molecule is O=C(CC(=O)c1ccccc1)c1ccccc1.c1cc2ccc1=2. The molecule has 0 N–H and O–H groups in total. The van der Waals surface area contributed by atoms with Crippen LogP contribution < -0.4 is 0 Å². The number of Topliss-reactive ketones (excluding diaryl/α,β-unsaturated/α-hetero) is 2. The number of benzene rings is 3. The highest BCUT2D eigenvalue weighted by Crippen LogP contribution is 2.08. The minimum absolute atomic E-state index is 0.0754. The molecule has 2 nitrogen and oxygen atoms in total. The van der Waals surface area contributed by atoms with Crippen molar-refractivity contribution in [1.82, 2.24) is 0 Å². The first kappa shape index (κ1) is 14.9. The summed E-state index contributed by atoms with van der Waals surface area (Å²) in [5.41, 5.74) is 1.16. The Morgan fingerprint density at radius 1 is 0.522 bits per heavy atom. The Labute approximate surface area is 134 Å². The van der Waals surface area contributed by atoms with Crippen LogP contribution in [-0.2, 0) is 0 Å². The van der Waals surface area contributed by atoms with E-state index in [1.807, 2.05) is 12.1 Å². The summed E-state index contributed by atoms with van der Waals surface area (Å²) in [5, 5.41) is 2.85. The molecule has 0 radical (unpaired) electrons. The van der Waals surface area contributed by atoms with Crippen LogP contribution in [0.1, 0.15) is 27.1 Å². The Bertz CT molecular complexity index is 813. The van der Waals surface area contributed by atoms with Crippen molar-refractivity contribution in [2.45, 2.75) is 6.42 Å². The first-order valence-corrected chi connectivity index (χ1v) is 7.51. The molecule has 0 atom stereocenters. The number of hydrogen-bond donors (Lipinski definition) is 0. The largest absolute Gasteiger partial charge is 0.294 e. The molecular formula is C21H16O2. The molecule has 0 unspecified atom stereocenters. The van der Waals surface area contributed by atoms with Crippen molar-refractivity contribution in [1.29, 1.82) is 0 Å². The highest BCUT2D eigenvalue weighted by molar-refractivity contribution is 6.13. The lowest BCUT2D eigenvalue weighted by Gasteiger charge is -2.00. The molecule has 2 aromatic rings. The summed E-state index contributed by atoms with van der Waals surface area (Å²) in [6.45, 7) is 0. The van der Waals surface area contributed by atoms with Crippen LogP contribution in [0.3, 0.4) is 0 Å². The van der Waals surface area contributed by atoms with E-state index >= 15 is 0 Å². The van der Waals surface area contributed by atoms with Gasteiger partial charge >= 0.3 is 0 Å². The van der Waals surface area contributed by atoms with Crippen LogP contribution in [0.25, 0.3) is 0 Å². The summed E-state index contributed by atoms with van der Waals surface area (Å²) >= 11 is 0. The maximum absolute atomic E-state index is 11.8. The minimum Gasteiger partial charge on any atom is -0.294 e. The van der Waals surface area contributed by atoms with Crippen LogP contribution in [0.2, 0.25) is 0 Å². The second-order valence-corrected chi connectivity index (χ2v) is 5.33. The van der Waals surface area contributed by atoms with Gasteiger partial charge in [0.1, 0.15) is 0 Å². The van der Waals surface area contributed by atoms with Gasteiger partial charge in [0.05, 0.1) is 6.42 Å². The van der Waals surface area contributed by atoms with Gasteiger partial charge in [-0.3, -0.25) is 9.59 Å². The van der Waals surface area contributed by atoms with Gasteiger partial charge in [0.25, 0.3) is 0 Å². The molecule has 4 rings (SSSR count). The van der Waals surface area contributed by atoms with Crippen LogP contribution in [0, 0.1) is 10.4 Å². The molecule has 0 aromatic heterocycles. The van der Waals surface area contributed by atoms with Crippen molar-refractivity contribution in [3.8, 4) is 0 Å². The molecule has 0 fully saturated rings. The van der Waals surface area contributed by atoms with Gasteiger partial charge in [0, 0.05) is 11.1 Å². The van der Waals surface area contributed by atoms with E-state index in [9.17, 15) is 9.59 Å². The first-order valence-electron chi connectivity index (χ1n) is 7.51. The Hall–Kier alpha value is -3.00. The average Bonchev–Trinajstić information content (AvgIpc) is 2.60. The van der Waals surface area contributed by atoms with Gasteiger partial charge in [-0.25, -0.2) is 0 Å². The second kappa shape index (κ2) is 6.84. The van der Waals surface area contributed by atoms with Crippen molar-refractivity contribution in [2.24, 2.45) is 0 Å². The van der Waals surface area contributed by atoms with E-state index < -0.39 is 0 Å². The zero-order valence-corrected chi connectivity index (χ0v) is 12.6. The Balaban J connectivity index is 0.000000213. The molecule has 0 saturated heterocycles. The highest BCUT2D eigenvalue weighted by Gasteiger charge is 2.12. The molecule has 112 valence electrons. The zero-order chi connectivity index (χ0) is 16.1. The molecule has 0 saturated carbocycles. The summed E-state index contributed by atoms with van der Waals surface area (Å²) < 4.78 is 0. The van der Waals surface area contributed by atoms with E-state index in [1.165, 1.54) is 10.4 Å². The van der Waals surface area contributed by atoms with Crippen molar-refractivity contribution in [3.63, 3.8) is 0 Å². The number of rotatable bonds is 4. The molecule has 0 spiro atoms. The van der Waals surface area contributed by atoms with Gasteiger partial charge in [0.15, 0.2) is 11.6 Å². The molecule has 2 aliphatic carbocycles. The van der Waals surface area contributed by atoms with Crippen LogP contribution in [-0.4, -0.2) is 11.6 Å². The summed E-state index contributed by atoms with van der Waals surface area (Å²) in [6.07, 6.45) is -0.0754. The number of ketones is 2. The molecule has 2 heteroatoms. The van der Waals surface area contributed by atoms with Gasteiger partial charge in [0.2, 0.25) is 0 Å². The predicted octanol–water partition coefficient (Wildman–Crippen LogP) is 4.43. The third-order valence-electron chi connectivity index (χ3n) is 3.73. The average molecular weight is 300 g/mol. The smallest absolute Gasteiger partial charge is 0.170 e. The Kier molecular flexibility index (Phi) is 4.44. The van der Waals surface area contributed by atoms with Crippen LogP contribution >= 0.6 is 0 Å². The van der Waals surface area contributed by atoms with Crippen LogP contribution in [0.15, 0.2) is 84.9 Å². The van der Waals surface area contributed by atoms with E-state index in [-0.39, 0.29) is 18.0 Å². The van der Waals surface area contributed by atoms with E-state index in [0.717, 1.165) is 0 Å². The van der Waals surface area contributed by atoms with Crippen LogP contribution in [0.4, 0.5) is 0 Å². The Morgan fingerprint density at radius 2 is 0.870 bits per heavy atom. The molecule has 23 heavy (non-hydrogen) atoms. The molecule has 0 bridgehead atoms. The standard InChI is InChI=1S/C15H12O2.C6H4/c16-14(12-7-3-1-4-8-12)11-15(17)13-9-5-2-6-10-13;1-2-6-4-3-5(1)6/h1-10H,11H2;1-4H. The first-order chi connectivity index (χ1) is 11.2. The van der Waals surface area contributed by atoms with E-state index in [0.29, 0.717) is 11.1 Å². The van der Waals surface area contributed by atoms with Crippen LogP contribution in [0.5, 0.6) is 0 Å². The number of carbonyl (C=O) groups is 2. The lowest BCUT2D eigenvalue weighted by Crippen LogP contribution is -2.08. The molecule has 2 aliphatic rings. The fourth-order valence-corrected chi connectivity index (χ4v) is 2.26. The highest BCUT2D eigenvalue weighted by atomic mass is 16.1. The summed E-state index contributed by atoms with van der Waals surface area (Å²) in [6, 6.07) is 26.2. The topological polar surface area (TPSA) is 34.1 Å². The van der Waals surface area contributed by atoms with Crippen molar-refractivity contribution in [2.75, 3.05) is 0 Å². The van der Waals surface area contributed by atoms with Crippen molar-refractivity contribution in [3.05, 3.63) is 106 Å². The normalized spacial score (nSPS) is 10.3. The lowest BCUT2D eigenvalue weighted by molar-refractivity contribution is 0.0894. The van der Waals surface area contributed by atoms with Gasteiger partial charge in [-0.05, 0) is 10.4 Å². The molecule has 2 aromatic carbocycles. The Morgan fingerprint density at radius 3 is 1.13 bits per heavy atom. The quantitative estimate of drug-likeness (QED) is 0.413. The molecular weight excluding hydrogens is 284 g/mol. The fourth-order valence-electron chi connectivity index (χ4n) is 2.26. The second-order valence-electron chi connectivity index (χ2n) is 5.33. The number of carbonyl (C=O) groups excluding carboxylic acids is 2. The summed E-state index contributed by atoms with van der Waals surface area (Å²) in [4.78, 5) is 23.6. The number of hydrogen-bond acceptors (Lipinski definition) is 2. The van der Waals surface area contributed by atoms with E-state index in [2.05, 4.69) is 24.3 Å². The predicted molar refractivity (Wildman–Crippen MR) is 90.3 cm³/mol.